The number of hydrogen-bond acceptors (Lipinski definition) is 6. The lowest BCUT2D eigenvalue weighted by molar-refractivity contribution is 0.313. The summed E-state index contributed by atoms with van der Waals surface area (Å²) in [4.78, 5) is 9.36. The molecule has 32 heavy (non-hydrogen) atoms. The van der Waals surface area contributed by atoms with Gasteiger partial charge < -0.3 is 24.0 Å². The number of methoxy groups -OCH3 is 3. The first kappa shape index (κ1) is 22.0. The summed E-state index contributed by atoms with van der Waals surface area (Å²) < 4.78 is 16.5. The highest BCUT2D eigenvalue weighted by Gasteiger charge is 2.18. The number of pyridine rings is 1. The lowest BCUT2D eigenvalue weighted by Crippen LogP contribution is -2.44. The van der Waals surface area contributed by atoms with Crippen LogP contribution in [0.2, 0.25) is 0 Å². The van der Waals surface area contributed by atoms with Crippen molar-refractivity contribution < 1.29 is 14.2 Å². The van der Waals surface area contributed by atoms with Gasteiger partial charge in [-0.15, -0.1) is 0 Å². The van der Waals surface area contributed by atoms with Crippen molar-refractivity contribution in [3.05, 3.63) is 54.4 Å². The molecule has 2 aromatic carbocycles. The smallest absolute Gasteiger partial charge is 0.203 e. The zero-order valence-electron chi connectivity index (χ0n) is 19.5. The molecule has 0 aliphatic carbocycles. The van der Waals surface area contributed by atoms with Crippen molar-refractivity contribution in [3.63, 3.8) is 0 Å². The quantitative estimate of drug-likeness (QED) is 0.570. The Hall–Kier alpha value is -3.25. The fraction of sp³-hybridized carbons (Fsp3) is 0.346. The Morgan fingerprint density at radius 1 is 0.750 bits per heavy atom. The molecule has 6 heteroatoms. The minimum Gasteiger partial charge on any atom is -0.493 e. The normalized spacial score (nSPS) is 14.3. The highest BCUT2D eigenvalue weighted by atomic mass is 16.5. The lowest BCUT2D eigenvalue weighted by Gasteiger charge is -2.34. The monoisotopic (exact) mass is 433 g/mol. The molecular formula is C26H31N3O3. The van der Waals surface area contributed by atoms with Crippen molar-refractivity contribution in [2.75, 3.05) is 59.5 Å². The van der Waals surface area contributed by atoms with Crippen LogP contribution in [0.3, 0.4) is 0 Å². The van der Waals surface area contributed by atoms with Crippen LogP contribution < -0.4 is 19.1 Å². The molecule has 1 aliphatic heterocycles. The van der Waals surface area contributed by atoms with E-state index in [0.717, 1.165) is 54.0 Å². The third-order valence-electron chi connectivity index (χ3n) is 6.24. The summed E-state index contributed by atoms with van der Waals surface area (Å²) in [6.07, 6.45) is 3.82. The second-order valence-corrected chi connectivity index (χ2v) is 8.11. The van der Waals surface area contributed by atoms with Crippen LogP contribution in [0, 0.1) is 6.92 Å². The van der Waals surface area contributed by atoms with Crippen LogP contribution >= 0.6 is 0 Å². The van der Waals surface area contributed by atoms with E-state index in [2.05, 4.69) is 53.0 Å². The summed E-state index contributed by atoms with van der Waals surface area (Å²) in [5, 5.41) is 0. The summed E-state index contributed by atoms with van der Waals surface area (Å²) >= 11 is 0. The Morgan fingerprint density at radius 2 is 1.31 bits per heavy atom. The molecule has 6 nitrogen and oxygen atoms in total. The molecule has 1 fully saturated rings. The van der Waals surface area contributed by atoms with Crippen molar-refractivity contribution in [3.8, 4) is 39.5 Å². The van der Waals surface area contributed by atoms with Crippen molar-refractivity contribution in [1.29, 1.82) is 0 Å². The van der Waals surface area contributed by atoms with Gasteiger partial charge >= 0.3 is 0 Å². The molecule has 0 atom stereocenters. The van der Waals surface area contributed by atoms with Crippen LogP contribution in [0.4, 0.5) is 5.69 Å². The van der Waals surface area contributed by atoms with Crippen LogP contribution in [-0.2, 0) is 0 Å². The fourth-order valence-electron chi connectivity index (χ4n) is 4.26. The fourth-order valence-corrected chi connectivity index (χ4v) is 4.26. The summed E-state index contributed by atoms with van der Waals surface area (Å²) in [7, 11) is 7.05. The Bertz CT molecular complexity index is 1050. The van der Waals surface area contributed by atoms with E-state index < -0.39 is 0 Å². The molecule has 0 spiro atoms. The molecule has 4 rings (SSSR count). The maximum Gasteiger partial charge on any atom is 0.203 e. The van der Waals surface area contributed by atoms with Gasteiger partial charge in [-0.3, -0.25) is 4.98 Å². The molecular weight excluding hydrogens is 402 g/mol. The van der Waals surface area contributed by atoms with E-state index in [0.29, 0.717) is 17.2 Å². The Morgan fingerprint density at radius 3 is 1.84 bits per heavy atom. The molecule has 168 valence electrons. The minimum atomic E-state index is 0.583. The molecule has 1 aromatic heterocycles. The van der Waals surface area contributed by atoms with Gasteiger partial charge in [0.2, 0.25) is 5.75 Å². The summed E-state index contributed by atoms with van der Waals surface area (Å²) in [6, 6.07) is 12.7. The van der Waals surface area contributed by atoms with E-state index in [4.69, 9.17) is 14.2 Å². The highest BCUT2D eigenvalue weighted by molar-refractivity contribution is 5.80. The number of aromatic nitrogens is 1. The van der Waals surface area contributed by atoms with Gasteiger partial charge in [0.05, 0.1) is 21.3 Å². The van der Waals surface area contributed by atoms with Crippen molar-refractivity contribution >= 4 is 5.69 Å². The van der Waals surface area contributed by atoms with Gasteiger partial charge in [0.15, 0.2) is 11.5 Å². The van der Waals surface area contributed by atoms with E-state index in [9.17, 15) is 0 Å². The van der Waals surface area contributed by atoms with Gasteiger partial charge in [0, 0.05) is 55.4 Å². The second kappa shape index (κ2) is 9.49. The van der Waals surface area contributed by atoms with E-state index in [1.165, 1.54) is 5.69 Å². The Labute approximate surface area is 190 Å². The molecule has 0 N–H and O–H groups in total. The van der Waals surface area contributed by atoms with Crippen LogP contribution in [0.15, 0.2) is 48.8 Å². The first-order chi connectivity index (χ1) is 15.5. The van der Waals surface area contributed by atoms with Crippen molar-refractivity contribution in [1.82, 2.24) is 9.88 Å². The topological polar surface area (TPSA) is 47.1 Å². The maximum atomic E-state index is 5.54. The first-order valence-electron chi connectivity index (χ1n) is 10.8. The number of rotatable bonds is 6. The predicted octanol–water partition coefficient (Wildman–Crippen LogP) is 4.50. The zero-order chi connectivity index (χ0) is 22.7. The SMILES string of the molecule is COc1cc(-c2cncc(-c3ccc(N4CCN(C)CC4)cc3)c2C)cc(OC)c1OC. The minimum absolute atomic E-state index is 0.583. The molecule has 0 saturated carbocycles. The van der Waals surface area contributed by atoms with Gasteiger partial charge in [0.25, 0.3) is 0 Å². The molecule has 2 heterocycles. The van der Waals surface area contributed by atoms with Crippen LogP contribution in [-0.4, -0.2) is 64.4 Å². The molecule has 0 bridgehead atoms. The average molecular weight is 434 g/mol. The Kier molecular flexibility index (Phi) is 6.51. The Balaban J connectivity index is 1.68. The number of nitrogens with zero attached hydrogens (tertiary/aromatic N) is 3. The van der Waals surface area contributed by atoms with E-state index >= 15 is 0 Å². The third-order valence-corrected chi connectivity index (χ3v) is 6.24. The number of piperazine rings is 1. The molecule has 1 saturated heterocycles. The van der Waals surface area contributed by atoms with E-state index in [-0.39, 0.29) is 0 Å². The number of hydrogen-bond donors (Lipinski definition) is 0. The van der Waals surface area contributed by atoms with E-state index in [1.54, 1.807) is 21.3 Å². The van der Waals surface area contributed by atoms with E-state index in [1.807, 2.05) is 24.5 Å². The molecule has 3 aromatic rings. The van der Waals surface area contributed by atoms with Crippen LogP contribution in [0.1, 0.15) is 5.56 Å². The summed E-state index contributed by atoms with van der Waals surface area (Å²) in [6.45, 7) is 6.45. The molecule has 0 radical (unpaired) electrons. The molecule has 0 amide bonds. The summed E-state index contributed by atoms with van der Waals surface area (Å²) in [5.41, 5.74) is 6.70. The van der Waals surface area contributed by atoms with Gasteiger partial charge in [-0.2, -0.15) is 0 Å². The van der Waals surface area contributed by atoms with Gasteiger partial charge in [0.1, 0.15) is 0 Å². The lowest BCUT2D eigenvalue weighted by atomic mass is 9.95. The van der Waals surface area contributed by atoms with Crippen LogP contribution in [0.5, 0.6) is 17.2 Å². The first-order valence-corrected chi connectivity index (χ1v) is 10.8. The third kappa shape index (κ3) is 4.23. The highest BCUT2D eigenvalue weighted by Crippen LogP contribution is 2.42. The van der Waals surface area contributed by atoms with Crippen molar-refractivity contribution in [2.45, 2.75) is 6.92 Å². The van der Waals surface area contributed by atoms with Crippen molar-refractivity contribution in [2.24, 2.45) is 0 Å². The molecule has 0 unspecified atom stereocenters. The number of benzene rings is 2. The average Bonchev–Trinajstić information content (AvgIpc) is 2.84. The second-order valence-electron chi connectivity index (χ2n) is 8.11. The maximum absolute atomic E-state index is 5.54. The van der Waals surface area contributed by atoms with Gasteiger partial charge in [-0.1, -0.05) is 12.1 Å². The number of likely N-dealkylation sites (N-methyl/N-ethyl adjacent to an activating group) is 1. The molecule has 1 aliphatic rings. The standard InChI is InChI=1S/C26H31N3O3/c1-18-22(19-6-8-21(9-7-19)29-12-10-28(2)11-13-29)16-27-17-23(18)20-14-24(30-3)26(32-5)25(15-20)31-4/h6-9,14-17H,10-13H2,1-5H3. The van der Waals surface area contributed by atoms with Crippen LogP contribution in [0.25, 0.3) is 22.3 Å². The van der Waals surface area contributed by atoms with Gasteiger partial charge in [-0.05, 0) is 54.9 Å². The number of anilines is 1. The van der Waals surface area contributed by atoms with Gasteiger partial charge in [-0.25, -0.2) is 0 Å². The predicted molar refractivity (Wildman–Crippen MR) is 129 cm³/mol. The zero-order valence-corrected chi connectivity index (χ0v) is 19.5. The number of ether oxygens (including phenoxy) is 3. The summed E-state index contributed by atoms with van der Waals surface area (Å²) in [5.74, 6) is 1.84. The largest absolute Gasteiger partial charge is 0.493 e.